The molecule has 1 fully saturated rings. The summed E-state index contributed by atoms with van der Waals surface area (Å²) in [6, 6.07) is 7.41. The van der Waals surface area contributed by atoms with Crippen LogP contribution in [-0.2, 0) is 6.54 Å². The molecule has 0 spiro atoms. The van der Waals surface area contributed by atoms with Gasteiger partial charge in [0.05, 0.1) is 26.4 Å². The summed E-state index contributed by atoms with van der Waals surface area (Å²) in [6.07, 6.45) is 1.58. The van der Waals surface area contributed by atoms with E-state index < -0.39 is 22.7 Å². The van der Waals surface area contributed by atoms with Crippen LogP contribution < -0.4 is 5.32 Å². The average Bonchev–Trinajstić information content (AvgIpc) is 2.64. The Morgan fingerprint density at radius 2 is 2.10 bits per heavy atom. The van der Waals surface area contributed by atoms with Crippen LogP contribution in [0.1, 0.15) is 34.5 Å². The van der Waals surface area contributed by atoms with Crippen molar-refractivity contribution >= 4 is 33.2 Å². The lowest BCUT2D eigenvalue weighted by Gasteiger charge is -2.49. The van der Waals surface area contributed by atoms with Gasteiger partial charge in [0, 0.05) is 37.8 Å². The Balaban J connectivity index is 1.62. The number of halogens is 3. The maximum Gasteiger partial charge on any atom is 0.253 e. The minimum Gasteiger partial charge on any atom is -0.350 e. The van der Waals surface area contributed by atoms with Crippen LogP contribution in [-0.4, -0.2) is 55.6 Å². The van der Waals surface area contributed by atoms with Crippen LogP contribution >= 0.6 is 11.6 Å². The van der Waals surface area contributed by atoms with E-state index in [0.29, 0.717) is 6.54 Å². The van der Waals surface area contributed by atoms with E-state index in [4.69, 9.17) is 27.3 Å². The number of alkyl halides is 1. The monoisotopic (exact) mass is 413 g/mol. The lowest BCUT2D eigenvalue weighted by molar-refractivity contribution is 0.0253. The van der Waals surface area contributed by atoms with Gasteiger partial charge in [0.25, 0.3) is 5.91 Å². The summed E-state index contributed by atoms with van der Waals surface area (Å²) >= 11 is 5.75. The Hall–Kier alpha value is -1.92. The Kier molecular flexibility index (Phi) is 6.34. The molecule has 1 aromatic carbocycles. The van der Waals surface area contributed by atoms with Gasteiger partial charge < -0.3 is 10.2 Å². The number of amides is 1. The van der Waals surface area contributed by atoms with Crippen LogP contribution in [0.15, 0.2) is 36.5 Å². The summed E-state index contributed by atoms with van der Waals surface area (Å²) in [5.41, 5.74) is 0.315. The number of piperidine rings is 1. The number of nitrogens with one attached hydrogen (secondary N) is 1. The maximum atomic E-state index is 15.3. The molecule has 3 rings (SSSR count). The van der Waals surface area contributed by atoms with Crippen molar-refractivity contribution in [3.8, 4) is 0 Å². The Labute approximate surface area is 176 Å². The number of likely N-dealkylation sites (tertiary alicyclic amines) is 1. The molecule has 0 saturated carbocycles. The molecule has 1 saturated heterocycles. The van der Waals surface area contributed by atoms with Crippen LogP contribution in [0.25, 0.3) is 0 Å². The summed E-state index contributed by atoms with van der Waals surface area (Å²) in [5, 5.41) is 1.18. The molecule has 1 aliphatic heterocycles. The van der Waals surface area contributed by atoms with E-state index in [9.17, 15) is 9.18 Å². The first-order valence-electron chi connectivity index (χ1n) is 9.26. The summed E-state index contributed by atoms with van der Waals surface area (Å²) < 4.78 is 28.7. The minimum absolute atomic E-state index is 0.0296. The zero-order valence-corrected chi connectivity index (χ0v) is 16.8. The molecular formula is C20H20B2ClF2N3O. The largest absolute Gasteiger partial charge is 0.350 e. The molecule has 29 heavy (non-hydrogen) atoms. The van der Waals surface area contributed by atoms with Crippen molar-refractivity contribution in [2.24, 2.45) is 0 Å². The molecule has 1 N–H and O–H groups in total. The van der Waals surface area contributed by atoms with Gasteiger partial charge in [0.2, 0.25) is 0 Å². The van der Waals surface area contributed by atoms with Crippen molar-refractivity contribution in [3.63, 3.8) is 0 Å². The molecule has 148 valence electrons. The molecule has 4 nitrogen and oxygen atoms in total. The number of hydrogen-bond acceptors (Lipinski definition) is 3. The van der Waals surface area contributed by atoms with E-state index in [2.05, 4.69) is 10.3 Å². The maximum absolute atomic E-state index is 15.3. The number of benzene rings is 1. The molecule has 1 aliphatic rings. The molecule has 9 heteroatoms. The molecule has 2 heterocycles. The first kappa shape index (κ1) is 21.8. The van der Waals surface area contributed by atoms with E-state index in [1.54, 1.807) is 6.20 Å². The summed E-state index contributed by atoms with van der Waals surface area (Å²) in [4.78, 5) is 18.2. The molecule has 1 unspecified atom stereocenters. The second kappa shape index (κ2) is 8.44. The van der Waals surface area contributed by atoms with E-state index >= 15 is 4.39 Å². The predicted molar refractivity (Wildman–Crippen MR) is 110 cm³/mol. The highest BCUT2D eigenvalue weighted by Gasteiger charge is 2.45. The van der Waals surface area contributed by atoms with Crippen LogP contribution in [0.3, 0.4) is 0 Å². The Morgan fingerprint density at radius 1 is 1.34 bits per heavy atom. The topological polar surface area (TPSA) is 45.2 Å². The second-order valence-corrected chi connectivity index (χ2v) is 7.99. The highest BCUT2D eigenvalue weighted by Crippen LogP contribution is 2.35. The molecule has 1 aromatic heterocycles. The van der Waals surface area contributed by atoms with E-state index in [0.717, 1.165) is 17.3 Å². The van der Waals surface area contributed by atoms with Crippen molar-refractivity contribution in [2.75, 3.05) is 13.1 Å². The molecule has 1 atom stereocenters. The molecule has 4 radical (unpaired) electrons. The van der Waals surface area contributed by atoms with E-state index in [1.165, 1.54) is 17.0 Å². The minimum atomic E-state index is -1.69. The summed E-state index contributed by atoms with van der Waals surface area (Å²) in [7, 11) is 12.2. The van der Waals surface area contributed by atoms with Gasteiger partial charge in [0.1, 0.15) is 11.5 Å². The first-order chi connectivity index (χ1) is 13.6. The number of rotatable bonds is 5. The highest BCUT2D eigenvalue weighted by molar-refractivity contribution is 6.41. The van der Waals surface area contributed by atoms with Crippen molar-refractivity contribution in [2.45, 2.75) is 37.3 Å². The number of aryl methyl sites for hydroxylation is 1. The molecule has 0 aliphatic carbocycles. The van der Waals surface area contributed by atoms with Crippen molar-refractivity contribution < 1.29 is 13.6 Å². The number of nitrogens with zero attached hydrogens (tertiary/aromatic N) is 2. The number of carbonyl (C=O) groups is 1. The SMILES string of the molecule is [B]C1([B])CC(F)(CNCc2ccc(C)cn2)CCN1C(=O)c1ccc(F)c(Cl)c1. The normalized spacial score (nSPS) is 21.2. The molecule has 1 amide bonds. The van der Waals surface area contributed by atoms with Gasteiger partial charge in [-0.2, -0.15) is 0 Å². The van der Waals surface area contributed by atoms with Crippen molar-refractivity contribution in [1.82, 2.24) is 15.2 Å². The number of carbonyl (C=O) groups excluding carboxylic acids is 1. The summed E-state index contributed by atoms with van der Waals surface area (Å²) in [5.74, 6) is -1.15. The Bertz CT molecular complexity index is 898. The lowest BCUT2D eigenvalue weighted by atomic mass is 9.54. The quantitative estimate of drug-likeness (QED) is 0.767. The van der Waals surface area contributed by atoms with Crippen LogP contribution in [0.2, 0.25) is 5.02 Å². The van der Waals surface area contributed by atoms with Gasteiger partial charge >= 0.3 is 0 Å². The van der Waals surface area contributed by atoms with Gasteiger partial charge in [-0.25, -0.2) is 8.78 Å². The standard InChI is InChI=1S/C20H20B2ClF2N3O/c1-13-2-4-15(27-9-13)10-26-12-19(25)6-7-28(20(21,22)11-19)18(29)14-3-5-17(24)16(23)8-14/h2-5,8-9,26H,6-7,10-12H2,1H3. The average molecular weight is 413 g/mol. The summed E-state index contributed by atoms with van der Waals surface area (Å²) in [6.45, 7) is 2.41. The van der Waals surface area contributed by atoms with Crippen LogP contribution in [0, 0.1) is 12.7 Å². The number of pyridine rings is 1. The predicted octanol–water partition coefficient (Wildman–Crippen LogP) is 2.91. The molecule has 2 aromatic rings. The van der Waals surface area contributed by atoms with Crippen LogP contribution in [0.4, 0.5) is 8.78 Å². The second-order valence-electron chi connectivity index (χ2n) is 7.59. The van der Waals surface area contributed by atoms with E-state index in [-0.39, 0.29) is 36.5 Å². The fraction of sp³-hybridized carbons (Fsp3) is 0.400. The van der Waals surface area contributed by atoms with Gasteiger partial charge in [-0.05, 0) is 48.5 Å². The molecule has 0 bridgehead atoms. The zero-order valence-electron chi connectivity index (χ0n) is 16.1. The van der Waals surface area contributed by atoms with Gasteiger partial charge in [-0.3, -0.25) is 9.78 Å². The van der Waals surface area contributed by atoms with Gasteiger partial charge in [-0.15, -0.1) is 0 Å². The smallest absolute Gasteiger partial charge is 0.253 e. The van der Waals surface area contributed by atoms with E-state index in [1.807, 2.05) is 19.1 Å². The molecular weight excluding hydrogens is 393 g/mol. The first-order valence-corrected chi connectivity index (χ1v) is 9.63. The Morgan fingerprint density at radius 3 is 2.72 bits per heavy atom. The van der Waals surface area contributed by atoms with Gasteiger partial charge in [0.15, 0.2) is 0 Å². The third-order valence-corrected chi connectivity index (χ3v) is 5.31. The third kappa shape index (κ3) is 5.17. The number of hydrogen-bond donors (Lipinski definition) is 1. The number of aromatic nitrogens is 1. The fourth-order valence-corrected chi connectivity index (χ4v) is 3.64. The van der Waals surface area contributed by atoms with Crippen molar-refractivity contribution in [1.29, 1.82) is 0 Å². The van der Waals surface area contributed by atoms with Crippen molar-refractivity contribution in [3.05, 3.63) is 64.2 Å². The third-order valence-electron chi connectivity index (χ3n) is 5.02. The fourth-order valence-electron chi connectivity index (χ4n) is 3.46. The van der Waals surface area contributed by atoms with Gasteiger partial charge in [-0.1, -0.05) is 17.7 Å². The van der Waals surface area contributed by atoms with Crippen LogP contribution in [0.5, 0.6) is 0 Å². The zero-order chi connectivity index (χ0) is 21.2. The lowest BCUT2D eigenvalue weighted by Crippen LogP contribution is -2.62. The highest BCUT2D eigenvalue weighted by atomic mass is 35.5.